The van der Waals surface area contributed by atoms with E-state index in [4.69, 9.17) is 21.6 Å². The van der Waals surface area contributed by atoms with Crippen LogP contribution < -0.4 is 10.1 Å². The van der Waals surface area contributed by atoms with Crippen molar-refractivity contribution in [2.75, 3.05) is 12.4 Å². The zero-order valence-corrected chi connectivity index (χ0v) is 12.3. The molecule has 0 bridgehead atoms. The molecule has 0 fully saturated rings. The molecule has 0 atom stereocenters. The van der Waals surface area contributed by atoms with E-state index in [9.17, 15) is 9.59 Å². The minimum absolute atomic E-state index is 0.142. The summed E-state index contributed by atoms with van der Waals surface area (Å²) in [5.41, 5.74) is 1.25. The van der Waals surface area contributed by atoms with Crippen molar-refractivity contribution in [3.05, 3.63) is 59.2 Å². The first kappa shape index (κ1) is 15.5. The standard InChI is InChI=1S/C16H11ClN2O3/c1-22-12-6-7-14(13(8-12)15(17)20)19-16(21)11-4-2-10(9-18)3-5-11/h2-8H,1H3,(H,19,21). The van der Waals surface area contributed by atoms with E-state index in [1.807, 2.05) is 6.07 Å². The smallest absolute Gasteiger partial charge is 0.255 e. The Kier molecular flexibility index (Phi) is 4.77. The molecule has 0 saturated carbocycles. The summed E-state index contributed by atoms with van der Waals surface area (Å²) in [6, 6.07) is 12.7. The lowest BCUT2D eigenvalue weighted by molar-refractivity contribution is 0.102. The normalized spacial score (nSPS) is 9.68. The molecule has 6 heteroatoms. The Balaban J connectivity index is 2.27. The quantitative estimate of drug-likeness (QED) is 0.879. The molecule has 110 valence electrons. The molecule has 0 radical (unpaired) electrons. The summed E-state index contributed by atoms with van der Waals surface area (Å²) >= 11 is 5.52. The molecule has 0 spiro atoms. The van der Waals surface area contributed by atoms with Gasteiger partial charge >= 0.3 is 0 Å². The van der Waals surface area contributed by atoms with Crippen molar-refractivity contribution in [1.29, 1.82) is 5.26 Å². The van der Waals surface area contributed by atoms with Crippen LogP contribution in [-0.2, 0) is 0 Å². The number of rotatable bonds is 4. The number of benzene rings is 2. The third-order valence-electron chi connectivity index (χ3n) is 2.96. The van der Waals surface area contributed by atoms with E-state index in [0.717, 1.165) is 0 Å². The third-order valence-corrected chi connectivity index (χ3v) is 3.17. The molecule has 0 saturated heterocycles. The monoisotopic (exact) mass is 314 g/mol. The Morgan fingerprint density at radius 1 is 1.18 bits per heavy atom. The lowest BCUT2D eigenvalue weighted by Gasteiger charge is -2.10. The van der Waals surface area contributed by atoms with Gasteiger partial charge in [0.05, 0.1) is 30.0 Å². The number of methoxy groups -OCH3 is 1. The molecule has 2 aromatic carbocycles. The molecular formula is C16H11ClN2O3. The summed E-state index contributed by atoms with van der Waals surface area (Å²) in [5, 5.41) is 10.6. The number of anilines is 1. The minimum Gasteiger partial charge on any atom is -0.497 e. The highest BCUT2D eigenvalue weighted by atomic mass is 35.5. The number of ether oxygens (including phenoxy) is 1. The van der Waals surface area contributed by atoms with Gasteiger partial charge < -0.3 is 10.1 Å². The Bertz CT molecular complexity index is 764. The molecule has 22 heavy (non-hydrogen) atoms. The highest BCUT2D eigenvalue weighted by Crippen LogP contribution is 2.24. The summed E-state index contributed by atoms with van der Waals surface area (Å²) in [4.78, 5) is 23.6. The number of halogens is 1. The molecule has 0 aromatic heterocycles. The molecule has 0 aliphatic rings. The van der Waals surface area contributed by atoms with Gasteiger partial charge in [-0.1, -0.05) is 0 Å². The molecule has 0 unspecified atom stereocenters. The SMILES string of the molecule is COc1ccc(NC(=O)c2ccc(C#N)cc2)c(C(=O)Cl)c1. The van der Waals surface area contributed by atoms with E-state index in [1.54, 1.807) is 6.07 Å². The first-order valence-corrected chi connectivity index (χ1v) is 6.62. The highest BCUT2D eigenvalue weighted by molar-refractivity contribution is 6.68. The number of nitriles is 1. The van der Waals surface area contributed by atoms with Crippen LogP contribution in [0.25, 0.3) is 0 Å². The van der Waals surface area contributed by atoms with Crippen molar-refractivity contribution in [1.82, 2.24) is 0 Å². The van der Waals surface area contributed by atoms with Crippen molar-refractivity contribution >= 4 is 28.4 Å². The van der Waals surface area contributed by atoms with E-state index < -0.39 is 11.1 Å². The maximum Gasteiger partial charge on any atom is 0.255 e. The molecule has 2 rings (SSSR count). The summed E-state index contributed by atoms with van der Waals surface area (Å²) in [7, 11) is 1.47. The number of hydrogen-bond acceptors (Lipinski definition) is 4. The zero-order valence-electron chi connectivity index (χ0n) is 11.6. The minimum atomic E-state index is -0.700. The topological polar surface area (TPSA) is 79.2 Å². The number of nitrogens with one attached hydrogen (secondary N) is 1. The molecule has 1 amide bonds. The number of carbonyl (C=O) groups excluding carboxylic acids is 2. The van der Waals surface area contributed by atoms with Crippen LogP contribution in [-0.4, -0.2) is 18.3 Å². The van der Waals surface area contributed by atoms with Crippen molar-refractivity contribution < 1.29 is 14.3 Å². The molecule has 1 N–H and O–H groups in total. The van der Waals surface area contributed by atoms with Gasteiger partial charge in [0.25, 0.3) is 11.1 Å². The van der Waals surface area contributed by atoms with Crippen LogP contribution in [0.5, 0.6) is 5.75 Å². The van der Waals surface area contributed by atoms with Crippen molar-refractivity contribution in [2.24, 2.45) is 0 Å². The van der Waals surface area contributed by atoms with Gasteiger partial charge in [0.1, 0.15) is 5.75 Å². The zero-order chi connectivity index (χ0) is 16.1. The molecule has 2 aromatic rings. The van der Waals surface area contributed by atoms with Gasteiger partial charge in [-0.25, -0.2) is 0 Å². The van der Waals surface area contributed by atoms with E-state index >= 15 is 0 Å². The average Bonchev–Trinajstić information content (AvgIpc) is 2.55. The van der Waals surface area contributed by atoms with Crippen LogP contribution in [0.4, 0.5) is 5.69 Å². The van der Waals surface area contributed by atoms with Gasteiger partial charge in [-0.15, -0.1) is 0 Å². The fourth-order valence-corrected chi connectivity index (χ4v) is 1.97. The van der Waals surface area contributed by atoms with E-state index in [1.165, 1.54) is 43.5 Å². The lowest BCUT2D eigenvalue weighted by Crippen LogP contribution is -2.14. The lowest BCUT2D eigenvalue weighted by atomic mass is 10.1. The Morgan fingerprint density at radius 3 is 2.41 bits per heavy atom. The number of amides is 1. The van der Waals surface area contributed by atoms with Gasteiger partial charge in [0.15, 0.2) is 0 Å². The highest BCUT2D eigenvalue weighted by Gasteiger charge is 2.14. The van der Waals surface area contributed by atoms with Crippen LogP contribution in [0.15, 0.2) is 42.5 Å². The van der Waals surface area contributed by atoms with Crippen LogP contribution in [0.2, 0.25) is 0 Å². The van der Waals surface area contributed by atoms with Gasteiger partial charge in [-0.2, -0.15) is 5.26 Å². The van der Waals surface area contributed by atoms with Crippen LogP contribution in [0.1, 0.15) is 26.3 Å². The first-order valence-electron chi connectivity index (χ1n) is 6.24. The van der Waals surface area contributed by atoms with Crippen molar-refractivity contribution in [2.45, 2.75) is 0 Å². The van der Waals surface area contributed by atoms with Gasteiger partial charge in [0.2, 0.25) is 0 Å². The first-order chi connectivity index (χ1) is 10.5. The fraction of sp³-hybridized carbons (Fsp3) is 0.0625. The largest absolute Gasteiger partial charge is 0.497 e. The van der Waals surface area contributed by atoms with E-state index in [-0.39, 0.29) is 11.3 Å². The second kappa shape index (κ2) is 6.74. The molecule has 5 nitrogen and oxygen atoms in total. The van der Waals surface area contributed by atoms with E-state index in [0.29, 0.717) is 16.9 Å². The molecular weight excluding hydrogens is 304 g/mol. The predicted molar refractivity (Wildman–Crippen MR) is 82.3 cm³/mol. The maximum atomic E-state index is 12.2. The third kappa shape index (κ3) is 3.43. The molecule has 0 aliphatic carbocycles. The van der Waals surface area contributed by atoms with Crippen LogP contribution in [0, 0.1) is 11.3 Å². The number of hydrogen-bond donors (Lipinski definition) is 1. The summed E-state index contributed by atoms with van der Waals surface area (Å²) < 4.78 is 5.02. The Labute approximate surface area is 132 Å². The van der Waals surface area contributed by atoms with Gasteiger partial charge in [-0.05, 0) is 54.1 Å². The second-order valence-electron chi connectivity index (χ2n) is 4.33. The Hall–Kier alpha value is -2.84. The van der Waals surface area contributed by atoms with Crippen LogP contribution in [0.3, 0.4) is 0 Å². The van der Waals surface area contributed by atoms with Gasteiger partial charge in [0, 0.05) is 5.56 Å². The second-order valence-corrected chi connectivity index (χ2v) is 4.67. The summed E-state index contributed by atoms with van der Waals surface area (Å²) in [6.45, 7) is 0. The average molecular weight is 315 g/mol. The van der Waals surface area contributed by atoms with Crippen LogP contribution >= 0.6 is 11.6 Å². The Morgan fingerprint density at radius 2 is 1.86 bits per heavy atom. The number of nitrogens with zero attached hydrogens (tertiary/aromatic N) is 1. The molecule has 0 aliphatic heterocycles. The van der Waals surface area contributed by atoms with E-state index in [2.05, 4.69) is 5.32 Å². The maximum absolute atomic E-state index is 12.2. The van der Waals surface area contributed by atoms with Crippen molar-refractivity contribution in [3.8, 4) is 11.8 Å². The number of carbonyl (C=O) groups is 2. The van der Waals surface area contributed by atoms with Gasteiger partial charge in [-0.3, -0.25) is 9.59 Å². The predicted octanol–water partition coefficient (Wildman–Crippen LogP) is 3.20. The summed E-state index contributed by atoms with van der Waals surface area (Å²) in [5.74, 6) is 0.0502. The summed E-state index contributed by atoms with van der Waals surface area (Å²) in [6.07, 6.45) is 0. The molecule has 0 heterocycles. The van der Waals surface area contributed by atoms with Crippen molar-refractivity contribution in [3.63, 3.8) is 0 Å². The fourth-order valence-electron chi connectivity index (χ4n) is 1.81.